The van der Waals surface area contributed by atoms with Gasteiger partial charge in [0.2, 0.25) is 0 Å². The molecule has 0 spiro atoms. The molecule has 2 heterocycles. The van der Waals surface area contributed by atoms with Gasteiger partial charge in [-0.25, -0.2) is 4.98 Å². The van der Waals surface area contributed by atoms with E-state index in [2.05, 4.69) is 10.3 Å². The van der Waals surface area contributed by atoms with Gasteiger partial charge < -0.3 is 10.1 Å². The summed E-state index contributed by atoms with van der Waals surface area (Å²) in [5.74, 6) is 1.72. The molecule has 4 rings (SSSR count). The van der Waals surface area contributed by atoms with Crippen molar-refractivity contribution in [2.24, 2.45) is 0 Å². The summed E-state index contributed by atoms with van der Waals surface area (Å²) in [4.78, 5) is 17.0. The number of nitrogens with zero attached hydrogens (tertiary/aromatic N) is 2. The second kappa shape index (κ2) is 9.25. The van der Waals surface area contributed by atoms with Crippen molar-refractivity contribution < 1.29 is 9.53 Å². The van der Waals surface area contributed by atoms with Gasteiger partial charge in [-0.3, -0.25) is 9.36 Å². The summed E-state index contributed by atoms with van der Waals surface area (Å²) < 4.78 is 7.47. The lowest BCUT2D eigenvalue weighted by Crippen LogP contribution is -2.25. The number of amides is 1. The molecule has 1 amide bonds. The van der Waals surface area contributed by atoms with Gasteiger partial charge in [-0.1, -0.05) is 53.0 Å². The van der Waals surface area contributed by atoms with Crippen molar-refractivity contribution in [1.29, 1.82) is 0 Å². The largest absolute Gasteiger partial charge is 0.457 e. The molecule has 0 fully saturated rings. The van der Waals surface area contributed by atoms with E-state index < -0.39 is 0 Å². The van der Waals surface area contributed by atoms with E-state index in [1.165, 1.54) is 11.8 Å². The van der Waals surface area contributed by atoms with Crippen molar-refractivity contribution in [1.82, 2.24) is 14.9 Å². The summed E-state index contributed by atoms with van der Waals surface area (Å²) >= 11 is 12.2. The molecule has 1 N–H and O–H groups in total. The monoisotopic (exact) mass is 451 g/mol. The highest BCUT2D eigenvalue weighted by Gasteiger charge is 2.15. The van der Waals surface area contributed by atoms with Crippen LogP contribution in [0.2, 0.25) is 10.0 Å². The normalized spacial score (nSPS) is 10.7. The molecule has 31 heavy (non-hydrogen) atoms. The fraction of sp³-hybridized carbons (Fsp3) is 0.0833. The third-order valence-electron chi connectivity index (χ3n) is 4.63. The van der Waals surface area contributed by atoms with E-state index in [1.807, 2.05) is 55.5 Å². The van der Waals surface area contributed by atoms with E-state index in [4.69, 9.17) is 27.9 Å². The van der Waals surface area contributed by atoms with Gasteiger partial charge in [0.1, 0.15) is 17.2 Å². The number of aryl methyl sites for hydroxylation is 1. The maximum Gasteiger partial charge on any atom is 0.268 e. The summed E-state index contributed by atoms with van der Waals surface area (Å²) in [6.07, 6.45) is 3.22. The van der Waals surface area contributed by atoms with Gasteiger partial charge in [0.25, 0.3) is 5.91 Å². The Labute approximate surface area is 190 Å². The van der Waals surface area contributed by atoms with Crippen molar-refractivity contribution in [3.05, 3.63) is 106 Å². The number of pyridine rings is 1. The van der Waals surface area contributed by atoms with Crippen LogP contribution in [0.4, 0.5) is 0 Å². The highest BCUT2D eigenvalue weighted by molar-refractivity contribution is 6.35. The summed E-state index contributed by atoms with van der Waals surface area (Å²) in [6.45, 7) is 2.40. The molecule has 0 saturated carbocycles. The number of aromatic nitrogens is 2. The number of carbonyl (C=O) groups is 1. The minimum Gasteiger partial charge on any atom is -0.457 e. The Morgan fingerprint density at radius 2 is 1.71 bits per heavy atom. The van der Waals surface area contributed by atoms with Crippen LogP contribution in [0.25, 0.3) is 5.82 Å². The highest BCUT2D eigenvalue weighted by atomic mass is 35.5. The van der Waals surface area contributed by atoms with Crippen LogP contribution in [0, 0.1) is 6.92 Å². The Morgan fingerprint density at radius 1 is 1.03 bits per heavy atom. The number of rotatable bonds is 6. The van der Waals surface area contributed by atoms with Crippen molar-refractivity contribution >= 4 is 29.1 Å². The molecule has 0 radical (unpaired) electrons. The quantitative estimate of drug-likeness (QED) is 0.379. The van der Waals surface area contributed by atoms with Crippen LogP contribution in [0.3, 0.4) is 0 Å². The molecule has 2 aromatic heterocycles. The van der Waals surface area contributed by atoms with Crippen molar-refractivity contribution in [3.8, 4) is 17.3 Å². The Bertz CT molecular complexity index is 1200. The van der Waals surface area contributed by atoms with Crippen LogP contribution < -0.4 is 10.1 Å². The standard InChI is InChI=1S/C24H19Cl2N3O2/c1-16-4-8-19(9-5-16)31-20-10-6-17(7-11-20)14-28-24(30)22-3-2-12-29(22)23-21(26)13-18(25)15-27-23/h2-13,15H,14H2,1H3,(H,28,30). The van der Waals surface area contributed by atoms with Crippen LogP contribution >= 0.6 is 23.2 Å². The first-order valence-corrected chi connectivity index (χ1v) is 10.4. The number of halogens is 2. The van der Waals surface area contributed by atoms with Crippen LogP contribution in [0.1, 0.15) is 21.6 Å². The first kappa shape index (κ1) is 21.0. The van der Waals surface area contributed by atoms with E-state index in [9.17, 15) is 4.79 Å². The molecule has 0 saturated heterocycles. The van der Waals surface area contributed by atoms with Crippen LogP contribution in [-0.2, 0) is 6.54 Å². The van der Waals surface area contributed by atoms with Gasteiger partial charge >= 0.3 is 0 Å². The van der Waals surface area contributed by atoms with Gasteiger partial charge in [0, 0.05) is 18.9 Å². The second-order valence-electron chi connectivity index (χ2n) is 6.96. The van der Waals surface area contributed by atoms with Crippen LogP contribution in [0.5, 0.6) is 11.5 Å². The fourth-order valence-corrected chi connectivity index (χ4v) is 3.50. The number of hydrogen-bond donors (Lipinski definition) is 1. The molecule has 5 nitrogen and oxygen atoms in total. The average molecular weight is 452 g/mol. The zero-order valence-electron chi connectivity index (χ0n) is 16.7. The Morgan fingerprint density at radius 3 is 2.39 bits per heavy atom. The van der Waals surface area contributed by atoms with Crippen molar-refractivity contribution in [2.45, 2.75) is 13.5 Å². The lowest BCUT2D eigenvalue weighted by atomic mass is 10.2. The molecular weight excluding hydrogens is 433 g/mol. The first-order valence-electron chi connectivity index (χ1n) is 9.60. The molecule has 0 atom stereocenters. The first-order chi connectivity index (χ1) is 15.0. The molecule has 0 unspecified atom stereocenters. The third-order valence-corrected chi connectivity index (χ3v) is 5.12. The fourth-order valence-electron chi connectivity index (χ4n) is 3.03. The predicted octanol–water partition coefficient (Wildman–Crippen LogP) is 6.21. The third kappa shape index (κ3) is 5.08. The van der Waals surface area contributed by atoms with Gasteiger partial charge in [-0.05, 0) is 55.0 Å². The Kier molecular flexibility index (Phi) is 6.26. The zero-order chi connectivity index (χ0) is 21.8. The molecule has 4 aromatic rings. The molecule has 0 aliphatic carbocycles. The highest BCUT2D eigenvalue weighted by Crippen LogP contribution is 2.24. The summed E-state index contributed by atoms with van der Waals surface area (Å²) in [6, 6.07) is 20.5. The van der Waals surface area contributed by atoms with Gasteiger partial charge in [-0.2, -0.15) is 0 Å². The summed E-state index contributed by atoms with van der Waals surface area (Å²) in [5, 5.41) is 3.72. The van der Waals surface area contributed by atoms with E-state index in [0.29, 0.717) is 28.1 Å². The van der Waals surface area contributed by atoms with E-state index >= 15 is 0 Å². The minimum absolute atomic E-state index is 0.238. The van der Waals surface area contributed by atoms with E-state index in [-0.39, 0.29) is 5.91 Å². The molecule has 156 valence electrons. The van der Waals surface area contributed by atoms with Crippen molar-refractivity contribution in [3.63, 3.8) is 0 Å². The van der Waals surface area contributed by atoms with Crippen LogP contribution in [-0.4, -0.2) is 15.5 Å². The maximum atomic E-state index is 12.7. The lowest BCUT2D eigenvalue weighted by molar-refractivity contribution is 0.0944. The second-order valence-corrected chi connectivity index (χ2v) is 7.81. The maximum absolute atomic E-state index is 12.7. The smallest absolute Gasteiger partial charge is 0.268 e. The predicted molar refractivity (Wildman–Crippen MR) is 122 cm³/mol. The van der Waals surface area contributed by atoms with E-state index in [1.54, 1.807) is 29.0 Å². The zero-order valence-corrected chi connectivity index (χ0v) is 18.2. The summed E-state index contributed by atoms with van der Waals surface area (Å²) in [5.41, 5.74) is 2.56. The van der Waals surface area contributed by atoms with Gasteiger partial charge in [0.05, 0.1) is 10.0 Å². The molecule has 0 aliphatic heterocycles. The Hall–Kier alpha value is -3.28. The number of ether oxygens (including phenoxy) is 1. The number of nitrogens with one attached hydrogen (secondary N) is 1. The van der Waals surface area contributed by atoms with Crippen molar-refractivity contribution in [2.75, 3.05) is 0 Å². The number of benzene rings is 2. The van der Waals surface area contributed by atoms with Crippen LogP contribution in [0.15, 0.2) is 79.1 Å². The SMILES string of the molecule is Cc1ccc(Oc2ccc(CNC(=O)c3cccn3-c3ncc(Cl)cc3Cl)cc2)cc1. The molecule has 7 heteroatoms. The average Bonchev–Trinajstić information content (AvgIpc) is 3.24. The van der Waals surface area contributed by atoms with Gasteiger partial charge in [0.15, 0.2) is 5.82 Å². The topological polar surface area (TPSA) is 56.1 Å². The summed E-state index contributed by atoms with van der Waals surface area (Å²) in [7, 11) is 0. The molecular formula is C24H19Cl2N3O2. The number of carbonyl (C=O) groups excluding carboxylic acids is 1. The molecule has 2 aromatic carbocycles. The molecule has 0 aliphatic rings. The van der Waals surface area contributed by atoms with Gasteiger partial charge in [-0.15, -0.1) is 0 Å². The minimum atomic E-state index is -0.238. The molecule has 0 bridgehead atoms. The Balaban J connectivity index is 1.40. The van der Waals surface area contributed by atoms with E-state index in [0.717, 1.165) is 17.1 Å². The lowest BCUT2D eigenvalue weighted by Gasteiger charge is -2.11. The number of hydrogen-bond acceptors (Lipinski definition) is 3.